The largest absolute Gasteiger partial charge is 0.291 e. The maximum absolute atomic E-state index is 4.39. The minimum atomic E-state index is 0.779. The Morgan fingerprint density at radius 2 is 2.38 bits per heavy atom. The quantitative estimate of drug-likeness (QED) is 0.553. The van der Waals surface area contributed by atoms with Crippen molar-refractivity contribution in [3.05, 3.63) is 24.7 Å². The third-order valence-electron chi connectivity index (χ3n) is 1.69. The van der Waals surface area contributed by atoms with Crippen LogP contribution in [0.3, 0.4) is 0 Å². The molecule has 4 heteroatoms. The molecule has 0 spiro atoms. The second-order valence-electron chi connectivity index (χ2n) is 2.75. The van der Waals surface area contributed by atoms with E-state index in [9.17, 15) is 0 Å². The maximum atomic E-state index is 4.39. The van der Waals surface area contributed by atoms with Crippen molar-refractivity contribution in [3.63, 3.8) is 0 Å². The van der Waals surface area contributed by atoms with E-state index in [-0.39, 0.29) is 0 Å². The first-order valence-corrected chi connectivity index (χ1v) is 5.31. The molecule has 0 fully saturated rings. The van der Waals surface area contributed by atoms with Crippen LogP contribution in [-0.4, -0.2) is 20.1 Å². The van der Waals surface area contributed by atoms with Crippen LogP contribution in [0.25, 0.3) is 5.78 Å². The van der Waals surface area contributed by atoms with E-state index in [0.717, 1.165) is 16.6 Å². The molecule has 0 saturated heterocycles. The fourth-order valence-electron chi connectivity index (χ4n) is 1.08. The van der Waals surface area contributed by atoms with Crippen LogP contribution in [0.4, 0.5) is 0 Å². The lowest BCUT2D eigenvalue weighted by Gasteiger charge is -1.98. The molecule has 2 heterocycles. The van der Waals surface area contributed by atoms with Gasteiger partial charge in [-0.3, -0.25) is 4.40 Å². The highest BCUT2D eigenvalue weighted by Gasteiger charge is 1.97. The van der Waals surface area contributed by atoms with E-state index in [0.29, 0.717) is 0 Å². The lowest BCUT2D eigenvalue weighted by Crippen LogP contribution is -1.89. The molecule has 2 rings (SSSR count). The number of hydrogen-bond acceptors (Lipinski definition) is 3. The van der Waals surface area contributed by atoms with Crippen molar-refractivity contribution in [1.82, 2.24) is 14.4 Å². The molecule has 0 N–H and O–H groups in total. The van der Waals surface area contributed by atoms with Gasteiger partial charge in [0.15, 0.2) is 0 Å². The molecule has 0 aliphatic carbocycles. The number of hydrogen-bond donors (Lipinski definition) is 0. The first-order valence-electron chi connectivity index (χ1n) is 4.32. The third kappa shape index (κ3) is 1.83. The predicted octanol–water partition coefficient (Wildman–Crippen LogP) is 2.23. The first-order chi connectivity index (χ1) is 6.40. The summed E-state index contributed by atoms with van der Waals surface area (Å²) in [5, 5.41) is 1.06. The van der Waals surface area contributed by atoms with E-state index in [1.165, 1.54) is 6.42 Å². The van der Waals surface area contributed by atoms with Crippen molar-refractivity contribution in [2.45, 2.75) is 18.4 Å². The summed E-state index contributed by atoms with van der Waals surface area (Å²) in [5.41, 5.74) is 0. The lowest BCUT2D eigenvalue weighted by atomic mass is 10.6. The molecule has 0 bridgehead atoms. The van der Waals surface area contributed by atoms with Gasteiger partial charge >= 0.3 is 0 Å². The maximum Gasteiger partial charge on any atom is 0.234 e. The van der Waals surface area contributed by atoms with Crippen LogP contribution in [0.1, 0.15) is 13.3 Å². The summed E-state index contributed by atoms with van der Waals surface area (Å²) in [6, 6.07) is 2.02. The Morgan fingerprint density at radius 1 is 1.46 bits per heavy atom. The van der Waals surface area contributed by atoms with Gasteiger partial charge in [-0.25, -0.2) is 9.97 Å². The van der Waals surface area contributed by atoms with E-state index in [2.05, 4.69) is 16.9 Å². The van der Waals surface area contributed by atoms with Crippen LogP contribution in [0.2, 0.25) is 0 Å². The first kappa shape index (κ1) is 8.56. The molecule has 0 amide bonds. The second-order valence-corrected chi connectivity index (χ2v) is 3.86. The molecule has 2 aromatic heterocycles. The Balaban J connectivity index is 2.26. The van der Waals surface area contributed by atoms with Crippen molar-refractivity contribution in [3.8, 4) is 0 Å². The highest BCUT2D eigenvalue weighted by atomic mass is 32.2. The van der Waals surface area contributed by atoms with Crippen LogP contribution < -0.4 is 0 Å². The van der Waals surface area contributed by atoms with Crippen LogP contribution >= 0.6 is 11.8 Å². The highest BCUT2D eigenvalue weighted by molar-refractivity contribution is 7.99. The van der Waals surface area contributed by atoms with Crippen molar-refractivity contribution >= 4 is 17.5 Å². The Morgan fingerprint density at radius 3 is 3.23 bits per heavy atom. The van der Waals surface area contributed by atoms with Gasteiger partial charge in [-0.05, 0) is 18.2 Å². The van der Waals surface area contributed by atoms with Crippen LogP contribution in [-0.2, 0) is 0 Å². The van der Waals surface area contributed by atoms with E-state index >= 15 is 0 Å². The molecule has 0 saturated carbocycles. The monoisotopic (exact) mass is 193 g/mol. The van der Waals surface area contributed by atoms with Crippen LogP contribution in [0.15, 0.2) is 29.7 Å². The van der Waals surface area contributed by atoms with Gasteiger partial charge in [-0.15, -0.1) is 11.8 Å². The number of thioether (sulfide) groups is 1. The third-order valence-corrected chi connectivity index (χ3v) is 2.83. The number of fused-ring (bicyclic) bond motifs is 1. The molecule has 0 radical (unpaired) electrons. The van der Waals surface area contributed by atoms with Gasteiger partial charge in [0.25, 0.3) is 0 Å². The summed E-state index contributed by atoms with van der Waals surface area (Å²) in [4.78, 5) is 8.51. The summed E-state index contributed by atoms with van der Waals surface area (Å²) in [7, 11) is 0. The minimum absolute atomic E-state index is 0.779. The average molecular weight is 193 g/mol. The zero-order valence-corrected chi connectivity index (χ0v) is 8.29. The zero-order chi connectivity index (χ0) is 9.10. The summed E-state index contributed by atoms with van der Waals surface area (Å²) in [6.07, 6.45) is 6.83. The topological polar surface area (TPSA) is 30.2 Å². The van der Waals surface area contributed by atoms with Crippen LogP contribution in [0.5, 0.6) is 0 Å². The minimum Gasteiger partial charge on any atom is -0.291 e. The Hall–Kier alpha value is -1.03. The highest BCUT2D eigenvalue weighted by Crippen LogP contribution is 2.15. The molecule has 0 aromatic carbocycles. The number of imidazole rings is 1. The Kier molecular flexibility index (Phi) is 2.49. The average Bonchev–Trinajstić information content (AvgIpc) is 2.61. The molecular formula is C9H11N3S. The van der Waals surface area contributed by atoms with Gasteiger partial charge in [0.1, 0.15) is 5.03 Å². The predicted molar refractivity (Wildman–Crippen MR) is 54.0 cm³/mol. The van der Waals surface area contributed by atoms with Gasteiger partial charge in [0, 0.05) is 18.6 Å². The molecular weight excluding hydrogens is 182 g/mol. The fourth-order valence-corrected chi connectivity index (χ4v) is 1.79. The summed E-state index contributed by atoms with van der Waals surface area (Å²) < 4.78 is 1.91. The van der Waals surface area contributed by atoms with Crippen molar-refractivity contribution < 1.29 is 0 Å². The van der Waals surface area contributed by atoms with Crippen LogP contribution in [0, 0.1) is 0 Å². The van der Waals surface area contributed by atoms with Gasteiger partial charge in [-0.2, -0.15) is 0 Å². The molecule has 0 aliphatic heterocycles. The molecule has 68 valence electrons. The number of nitrogens with zero attached hydrogens (tertiary/aromatic N) is 3. The van der Waals surface area contributed by atoms with E-state index < -0.39 is 0 Å². The molecule has 3 nitrogen and oxygen atoms in total. The van der Waals surface area contributed by atoms with E-state index in [1.807, 2.05) is 22.9 Å². The molecule has 0 atom stereocenters. The number of rotatable bonds is 3. The smallest absolute Gasteiger partial charge is 0.234 e. The standard InChI is InChI=1S/C9H11N3S/c1-2-7-13-8-3-5-12-6-4-10-9(12)11-8/h3-6H,2,7H2,1H3. The molecule has 13 heavy (non-hydrogen) atoms. The van der Waals surface area contributed by atoms with Gasteiger partial charge < -0.3 is 0 Å². The Bertz CT molecular complexity index is 396. The van der Waals surface area contributed by atoms with E-state index in [1.54, 1.807) is 18.0 Å². The van der Waals surface area contributed by atoms with E-state index in [4.69, 9.17) is 0 Å². The Labute approximate surface area is 81.2 Å². The summed E-state index contributed by atoms with van der Waals surface area (Å²) in [6.45, 7) is 2.17. The fraction of sp³-hybridized carbons (Fsp3) is 0.333. The van der Waals surface area contributed by atoms with Gasteiger partial charge in [-0.1, -0.05) is 6.92 Å². The normalized spacial score (nSPS) is 10.8. The SMILES string of the molecule is CCCSc1ccn2ccnc2n1. The van der Waals surface area contributed by atoms with Gasteiger partial charge in [0.05, 0.1) is 0 Å². The summed E-state index contributed by atoms with van der Waals surface area (Å²) in [5.74, 6) is 1.89. The van der Waals surface area contributed by atoms with Crippen molar-refractivity contribution in [1.29, 1.82) is 0 Å². The summed E-state index contributed by atoms with van der Waals surface area (Å²) >= 11 is 1.77. The second kappa shape index (κ2) is 3.79. The zero-order valence-electron chi connectivity index (χ0n) is 7.47. The molecule has 0 aliphatic rings. The molecule has 0 unspecified atom stereocenters. The molecule has 2 aromatic rings. The number of aromatic nitrogens is 3. The van der Waals surface area contributed by atoms with Crippen molar-refractivity contribution in [2.24, 2.45) is 0 Å². The lowest BCUT2D eigenvalue weighted by molar-refractivity contribution is 1.02. The van der Waals surface area contributed by atoms with Gasteiger partial charge in [0.2, 0.25) is 5.78 Å². The van der Waals surface area contributed by atoms with Crippen molar-refractivity contribution in [2.75, 3.05) is 5.75 Å².